The van der Waals surface area contributed by atoms with Crippen molar-refractivity contribution in [3.05, 3.63) is 59.7 Å². The fraction of sp³-hybridized carbons (Fsp3) is 0.286. The molecule has 0 N–H and O–H groups in total. The van der Waals surface area contributed by atoms with E-state index in [1.807, 2.05) is 62.4 Å². The molecule has 0 atom stereocenters. The molecule has 0 saturated carbocycles. The molecule has 0 heterocycles. The fourth-order valence-electron chi connectivity index (χ4n) is 2.56. The molecule has 2 aromatic rings. The van der Waals surface area contributed by atoms with Gasteiger partial charge in [-0.15, -0.1) is 0 Å². The van der Waals surface area contributed by atoms with Crippen molar-refractivity contribution in [2.75, 3.05) is 20.3 Å². The Morgan fingerprint density at radius 1 is 1.04 bits per heavy atom. The molecule has 0 aliphatic carbocycles. The number of rotatable bonds is 9. The van der Waals surface area contributed by atoms with Gasteiger partial charge in [-0.1, -0.05) is 18.2 Å². The highest BCUT2D eigenvalue weighted by atomic mass is 16.5. The van der Waals surface area contributed by atoms with Gasteiger partial charge in [0.25, 0.3) is 0 Å². The average molecular weight is 339 g/mol. The van der Waals surface area contributed by atoms with Crippen LogP contribution in [0.4, 0.5) is 5.69 Å². The van der Waals surface area contributed by atoms with Crippen LogP contribution in [0.2, 0.25) is 0 Å². The number of allylic oxidation sites excluding steroid dienone is 1. The zero-order chi connectivity index (χ0) is 18.1. The monoisotopic (exact) mass is 339 g/mol. The lowest BCUT2D eigenvalue weighted by Gasteiger charge is -2.12. The Labute approximate surface area is 149 Å². The van der Waals surface area contributed by atoms with Crippen molar-refractivity contribution in [2.24, 2.45) is 4.99 Å². The van der Waals surface area contributed by atoms with Gasteiger partial charge in [-0.3, -0.25) is 4.99 Å². The third-order valence-corrected chi connectivity index (χ3v) is 3.69. The molecule has 0 aliphatic rings. The zero-order valence-corrected chi connectivity index (χ0v) is 15.1. The van der Waals surface area contributed by atoms with Crippen molar-refractivity contribution in [3.8, 4) is 11.5 Å². The van der Waals surface area contributed by atoms with E-state index in [0.717, 1.165) is 34.1 Å². The Morgan fingerprint density at radius 3 is 2.44 bits per heavy atom. The van der Waals surface area contributed by atoms with Gasteiger partial charge in [0.15, 0.2) is 11.5 Å². The van der Waals surface area contributed by atoms with Crippen molar-refractivity contribution in [1.82, 2.24) is 0 Å². The number of hydrogen-bond donors (Lipinski definition) is 0. The summed E-state index contributed by atoms with van der Waals surface area (Å²) in [5.74, 6) is 2.31. The summed E-state index contributed by atoms with van der Waals surface area (Å²) in [5.41, 5.74) is 2.85. The highest BCUT2D eigenvalue weighted by molar-refractivity contribution is 5.72. The molecule has 4 nitrogen and oxygen atoms in total. The second kappa shape index (κ2) is 9.52. The number of aliphatic imine (C=N–C) groups is 1. The first-order valence-corrected chi connectivity index (χ1v) is 8.42. The molecule has 0 saturated heterocycles. The molecule has 0 fully saturated rings. The summed E-state index contributed by atoms with van der Waals surface area (Å²) in [5, 5.41) is 0. The van der Waals surface area contributed by atoms with E-state index >= 15 is 0 Å². The fourth-order valence-corrected chi connectivity index (χ4v) is 2.56. The minimum atomic E-state index is 0.598. The lowest BCUT2D eigenvalue weighted by molar-refractivity contribution is 0.287. The normalized spacial score (nSPS) is 11.1. The van der Waals surface area contributed by atoms with E-state index in [9.17, 15) is 0 Å². The van der Waals surface area contributed by atoms with Gasteiger partial charge in [-0.25, -0.2) is 0 Å². The second-order valence-corrected chi connectivity index (χ2v) is 5.30. The van der Waals surface area contributed by atoms with Gasteiger partial charge in [0.1, 0.15) is 5.76 Å². The Balaban J connectivity index is 2.26. The first-order chi connectivity index (χ1) is 12.2. The van der Waals surface area contributed by atoms with E-state index < -0.39 is 0 Å². The quantitative estimate of drug-likeness (QED) is 0.474. The van der Waals surface area contributed by atoms with E-state index in [4.69, 9.17) is 14.2 Å². The van der Waals surface area contributed by atoms with Crippen molar-refractivity contribution < 1.29 is 14.2 Å². The topological polar surface area (TPSA) is 40.0 Å². The standard InChI is InChI=1S/C21H25NO3/c1-5-24-20-14-12-16(15-21(20)25-6-2)11-13-19(23-4)17-9-7-8-10-18(17)22-3/h7-10,12-15H,3,5-6,11H2,1-2,4H3/b19-13+. The van der Waals surface area contributed by atoms with Gasteiger partial charge in [0.2, 0.25) is 0 Å². The summed E-state index contributed by atoms with van der Waals surface area (Å²) in [4.78, 5) is 4.06. The van der Waals surface area contributed by atoms with Gasteiger partial charge < -0.3 is 14.2 Å². The van der Waals surface area contributed by atoms with Crippen LogP contribution in [0.5, 0.6) is 11.5 Å². The van der Waals surface area contributed by atoms with Crippen LogP contribution in [0.25, 0.3) is 5.76 Å². The van der Waals surface area contributed by atoms with E-state index in [1.54, 1.807) is 7.11 Å². The first kappa shape index (κ1) is 18.6. The lowest BCUT2D eigenvalue weighted by Crippen LogP contribution is -1.99. The molecular weight excluding hydrogens is 314 g/mol. The van der Waals surface area contributed by atoms with Crippen LogP contribution in [0.3, 0.4) is 0 Å². The minimum absolute atomic E-state index is 0.598. The van der Waals surface area contributed by atoms with E-state index in [1.165, 1.54) is 0 Å². The zero-order valence-electron chi connectivity index (χ0n) is 15.1. The molecule has 0 spiro atoms. The predicted molar refractivity (Wildman–Crippen MR) is 103 cm³/mol. The van der Waals surface area contributed by atoms with Gasteiger partial charge in [-0.05, 0) is 62.9 Å². The Hall–Kier alpha value is -2.75. The van der Waals surface area contributed by atoms with Crippen LogP contribution >= 0.6 is 0 Å². The third kappa shape index (κ3) is 4.86. The Bertz CT molecular complexity index is 738. The van der Waals surface area contributed by atoms with E-state index in [0.29, 0.717) is 19.6 Å². The molecule has 132 valence electrons. The van der Waals surface area contributed by atoms with Crippen molar-refractivity contribution >= 4 is 18.2 Å². The molecule has 0 bridgehead atoms. The van der Waals surface area contributed by atoms with Gasteiger partial charge >= 0.3 is 0 Å². The Morgan fingerprint density at radius 2 is 1.76 bits per heavy atom. The Kier molecular flexibility index (Phi) is 7.08. The lowest BCUT2D eigenvalue weighted by atomic mass is 10.1. The number of nitrogens with zero attached hydrogens (tertiary/aromatic N) is 1. The maximum absolute atomic E-state index is 5.68. The number of methoxy groups -OCH3 is 1. The number of ether oxygens (including phenoxy) is 3. The van der Waals surface area contributed by atoms with Crippen LogP contribution in [-0.2, 0) is 11.2 Å². The summed E-state index contributed by atoms with van der Waals surface area (Å²) in [6.45, 7) is 8.75. The van der Waals surface area contributed by atoms with Crippen LogP contribution in [0, 0.1) is 0 Å². The molecule has 2 rings (SSSR count). The van der Waals surface area contributed by atoms with E-state index in [2.05, 4.69) is 11.7 Å². The van der Waals surface area contributed by atoms with Crippen LogP contribution in [0.1, 0.15) is 25.0 Å². The minimum Gasteiger partial charge on any atom is -0.496 e. The maximum atomic E-state index is 5.68. The van der Waals surface area contributed by atoms with Gasteiger partial charge in [0.05, 0.1) is 26.0 Å². The summed E-state index contributed by atoms with van der Waals surface area (Å²) in [7, 11) is 1.66. The van der Waals surface area contributed by atoms with Crippen molar-refractivity contribution in [2.45, 2.75) is 20.3 Å². The first-order valence-electron chi connectivity index (χ1n) is 8.42. The largest absolute Gasteiger partial charge is 0.496 e. The summed E-state index contributed by atoms with van der Waals surface area (Å²) in [6.07, 6.45) is 2.75. The van der Waals surface area contributed by atoms with Crippen molar-refractivity contribution in [3.63, 3.8) is 0 Å². The van der Waals surface area contributed by atoms with Crippen LogP contribution in [-0.4, -0.2) is 27.0 Å². The van der Waals surface area contributed by atoms with Crippen LogP contribution in [0.15, 0.2) is 53.5 Å². The smallest absolute Gasteiger partial charge is 0.161 e. The third-order valence-electron chi connectivity index (χ3n) is 3.69. The SMILES string of the molecule is C=Nc1ccccc1/C(=C\Cc1ccc(OCC)c(OCC)c1)OC. The molecule has 0 radical (unpaired) electrons. The van der Waals surface area contributed by atoms with Crippen LogP contribution < -0.4 is 9.47 Å². The highest BCUT2D eigenvalue weighted by Crippen LogP contribution is 2.30. The number of hydrogen-bond acceptors (Lipinski definition) is 4. The number of benzene rings is 2. The van der Waals surface area contributed by atoms with Gasteiger partial charge in [-0.2, -0.15) is 0 Å². The van der Waals surface area contributed by atoms with Crippen molar-refractivity contribution in [1.29, 1.82) is 0 Å². The molecule has 0 unspecified atom stereocenters. The molecule has 4 heteroatoms. The summed E-state index contributed by atoms with van der Waals surface area (Å²) >= 11 is 0. The number of para-hydroxylation sites is 1. The van der Waals surface area contributed by atoms with E-state index in [-0.39, 0.29) is 0 Å². The molecule has 0 aromatic heterocycles. The average Bonchev–Trinajstić information content (AvgIpc) is 2.65. The molecule has 0 amide bonds. The predicted octanol–water partition coefficient (Wildman–Crippen LogP) is 5.05. The second-order valence-electron chi connectivity index (χ2n) is 5.30. The molecule has 2 aromatic carbocycles. The summed E-state index contributed by atoms with van der Waals surface area (Å²) in [6, 6.07) is 13.8. The highest BCUT2D eigenvalue weighted by Gasteiger charge is 2.08. The summed E-state index contributed by atoms with van der Waals surface area (Å²) < 4.78 is 16.8. The maximum Gasteiger partial charge on any atom is 0.161 e. The molecule has 0 aliphatic heterocycles. The van der Waals surface area contributed by atoms with Gasteiger partial charge in [0, 0.05) is 5.56 Å². The molecule has 25 heavy (non-hydrogen) atoms. The molecular formula is C21H25NO3.